The number of aliphatic carboxylic acids is 2. The Morgan fingerprint density at radius 1 is 1.30 bits per heavy atom. The average Bonchev–Trinajstić information content (AvgIpc) is 1.63. The van der Waals surface area contributed by atoms with Gasteiger partial charge in [0, 0.05) is 0 Å². The Hall–Kier alpha value is 0.160. The first kappa shape index (κ1) is 12.8. The average molecular weight is 176 g/mol. The van der Waals surface area contributed by atoms with E-state index < -0.39 is 24.5 Å². The summed E-state index contributed by atoms with van der Waals surface area (Å²) in [4.78, 5) is 19.4. The molecule has 56 valence electrons. The van der Waals surface area contributed by atoms with E-state index in [-0.39, 0.29) is 37.7 Å². The molecule has 0 amide bonds. The molecule has 1 unspecified atom stereocenters. The van der Waals surface area contributed by atoms with Crippen molar-refractivity contribution in [2.45, 2.75) is 12.5 Å². The van der Waals surface area contributed by atoms with E-state index >= 15 is 0 Å². The summed E-state index contributed by atoms with van der Waals surface area (Å²) in [5, 5.41) is 24.1. The molecule has 10 heavy (non-hydrogen) atoms. The number of aliphatic hydroxyl groups is 1. The molecule has 0 aliphatic rings. The third-order valence-electron chi connectivity index (χ3n) is 0.653. The summed E-state index contributed by atoms with van der Waals surface area (Å²) in [5.41, 5.74) is 0. The minimum absolute atomic E-state index is 0. The summed E-state index contributed by atoms with van der Waals surface area (Å²) in [6.07, 6.45) is -2.54. The van der Waals surface area contributed by atoms with Crippen molar-refractivity contribution in [1.82, 2.24) is 0 Å². The zero-order valence-corrected chi connectivity index (χ0v) is 4.44. The molecule has 0 radical (unpaired) electrons. The van der Waals surface area contributed by atoms with Crippen molar-refractivity contribution in [3.05, 3.63) is 0 Å². The monoisotopic (exact) mass is 176 g/mol. The van der Waals surface area contributed by atoms with Gasteiger partial charge in [0.1, 0.15) is 0 Å². The van der Waals surface area contributed by atoms with E-state index in [0.29, 0.717) is 0 Å². The number of aliphatic hydroxyl groups excluding tert-OH is 1. The predicted octanol–water partition coefficient (Wildman–Crippen LogP) is -2.01. The maximum absolute atomic E-state index is 9.72. The van der Waals surface area contributed by atoms with E-state index in [0.717, 1.165) is 0 Å². The molecular formula is C4H8CaO5. The van der Waals surface area contributed by atoms with Crippen molar-refractivity contribution in [3.8, 4) is 0 Å². The van der Waals surface area contributed by atoms with Crippen molar-refractivity contribution in [2.75, 3.05) is 0 Å². The van der Waals surface area contributed by atoms with Gasteiger partial charge in [-0.2, -0.15) is 0 Å². The van der Waals surface area contributed by atoms with E-state index in [1.807, 2.05) is 0 Å². The van der Waals surface area contributed by atoms with Crippen molar-refractivity contribution in [2.24, 2.45) is 0 Å². The number of carboxylic acid groups (broad SMARTS) is 2. The second-order valence-electron chi connectivity index (χ2n) is 1.45. The van der Waals surface area contributed by atoms with Gasteiger partial charge in [0.25, 0.3) is 0 Å². The fourth-order valence-corrected chi connectivity index (χ4v) is 0.253. The summed E-state index contributed by atoms with van der Waals surface area (Å²) >= 11 is 0. The third kappa shape index (κ3) is 6.28. The second kappa shape index (κ2) is 5.91. The van der Waals surface area contributed by atoms with Gasteiger partial charge >= 0.3 is 49.7 Å². The molecule has 0 aliphatic carbocycles. The molecule has 0 aromatic carbocycles. The maximum atomic E-state index is 9.72. The van der Waals surface area contributed by atoms with Crippen LogP contribution in [0.2, 0.25) is 0 Å². The van der Waals surface area contributed by atoms with E-state index in [2.05, 4.69) is 0 Å². The first-order chi connectivity index (χ1) is 4.04. The quantitative estimate of drug-likeness (QED) is 0.432. The first-order valence-electron chi connectivity index (χ1n) is 2.16. The Labute approximate surface area is 86.7 Å². The number of rotatable bonds is 3. The Balaban J connectivity index is 0. The summed E-state index contributed by atoms with van der Waals surface area (Å²) in [7, 11) is 0. The van der Waals surface area contributed by atoms with E-state index in [1.165, 1.54) is 0 Å². The van der Waals surface area contributed by atoms with Crippen LogP contribution < -0.4 is 0 Å². The van der Waals surface area contributed by atoms with E-state index in [1.54, 1.807) is 0 Å². The SMILES string of the molecule is O=C(O)CC(O)C(=O)O.[CaH2]. The molecular weight excluding hydrogens is 168 g/mol. The molecule has 0 bridgehead atoms. The van der Waals surface area contributed by atoms with Crippen LogP contribution in [0.3, 0.4) is 0 Å². The van der Waals surface area contributed by atoms with Crippen LogP contribution in [0, 0.1) is 0 Å². The molecule has 3 N–H and O–H groups in total. The molecule has 0 saturated heterocycles. The van der Waals surface area contributed by atoms with Crippen molar-refractivity contribution in [3.63, 3.8) is 0 Å². The van der Waals surface area contributed by atoms with Crippen LogP contribution in [0.15, 0.2) is 0 Å². The van der Waals surface area contributed by atoms with Crippen LogP contribution in [0.1, 0.15) is 6.42 Å². The molecule has 0 rings (SSSR count). The molecule has 0 spiro atoms. The van der Waals surface area contributed by atoms with Crippen LogP contribution in [-0.2, 0) is 9.59 Å². The zero-order chi connectivity index (χ0) is 7.44. The van der Waals surface area contributed by atoms with Gasteiger partial charge in [-0.05, 0) is 0 Å². The minimum atomic E-state index is -1.79. The molecule has 5 nitrogen and oxygen atoms in total. The topological polar surface area (TPSA) is 94.8 Å². The van der Waals surface area contributed by atoms with Crippen molar-refractivity contribution >= 4 is 49.7 Å². The second-order valence-corrected chi connectivity index (χ2v) is 1.45. The molecule has 0 saturated carbocycles. The fourth-order valence-electron chi connectivity index (χ4n) is 0.253. The van der Waals surface area contributed by atoms with Crippen molar-refractivity contribution < 1.29 is 24.9 Å². The number of carbonyl (C=O) groups is 2. The standard InChI is InChI=1S/C4H6O5.Ca.2H/c5-2(4(8)9)1-3(6)7;;;/h2,5H,1H2,(H,6,7)(H,8,9);;;. The predicted molar refractivity (Wildman–Crippen MR) is 34.4 cm³/mol. The summed E-state index contributed by atoms with van der Waals surface area (Å²) in [5.74, 6) is -2.85. The molecule has 0 fully saturated rings. The molecule has 0 aromatic heterocycles. The molecule has 0 aromatic rings. The van der Waals surface area contributed by atoms with Gasteiger partial charge in [0.05, 0.1) is 6.42 Å². The van der Waals surface area contributed by atoms with Gasteiger partial charge in [0.15, 0.2) is 6.10 Å². The van der Waals surface area contributed by atoms with E-state index in [4.69, 9.17) is 15.3 Å². The van der Waals surface area contributed by atoms with Crippen LogP contribution in [0.25, 0.3) is 0 Å². The van der Waals surface area contributed by atoms with E-state index in [9.17, 15) is 9.59 Å². The van der Waals surface area contributed by atoms with Gasteiger partial charge in [-0.15, -0.1) is 0 Å². The molecule has 0 aliphatic heterocycles. The van der Waals surface area contributed by atoms with Crippen molar-refractivity contribution in [1.29, 1.82) is 0 Å². The summed E-state index contributed by atoms with van der Waals surface area (Å²) in [6.45, 7) is 0. The van der Waals surface area contributed by atoms with Crippen LogP contribution >= 0.6 is 0 Å². The van der Waals surface area contributed by atoms with Gasteiger partial charge in [-0.1, -0.05) is 0 Å². The van der Waals surface area contributed by atoms with Crippen LogP contribution in [-0.4, -0.2) is 71.1 Å². The summed E-state index contributed by atoms with van der Waals surface area (Å²) in [6, 6.07) is 0. The van der Waals surface area contributed by atoms with Gasteiger partial charge in [-0.3, -0.25) is 4.79 Å². The van der Waals surface area contributed by atoms with Gasteiger partial charge in [-0.25, -0.2) is 4.79 Å². The third-order valence-corrected chi connectivity index (χ3v) is 0.653. The molecule has 6 heteroatoms. The van der Waals surface area contributed by atoms with Crippen LogP contribution in [0.4, 0.5) is 0 Å². The van der Waals surface area contributed by atoms with Crippen LogP contribution in [0.5, 0.6) is 0 Å². The Kier molecular flexibility index (Phi) is 7.56. The number of hydrogen-bond donors (Lipinski definition) is 3. The summed E-state index contributed by atoms with van der Waals surface area (Å²) < 4.78 is 0. The molecule has 1 atom stereocenters. The molecule has 0 heterocycles. The Bertz CT molecular complexity index is 134. The fraction of sp³-hybridized carbons (Fsp3) is 0.500. The first-order valence-corrected chi connectivity index (χ1v) is 2.16. The van der Waals surface area contributed by atoms with Gasteiger partial charge < -0.3 is 15.3 Å². The Morgan fingerprint density at radius 2 is 1.70 bits per heavy atom. The number of hydrogen-bond acceptors (Lipinski definition) is 3. The van der Waals surface area contributed by atoms with Gasteiger partial charge in [0.2, 0.25) is 0 Å². The number of carboxylic acids is 2. The Morgan fingerprint density at radius 3 is 1.80 bits per heavy atom. The normalized spacial score (nSPS) is 11.3. The zero-order valence-electron chi connectivity index (χ0n) is 4.44.